The third-order valence-corrected chi connectivity index (χ3v) is 3.01. The molecule has 2 aromatic heterocycles. The van der Waals surface area contributed by atoms with Crippen molar-refractivity contribution in [2.75, 3.05) is 5.32 Å². The van der Waals surface area contributed by atoms with Gasteiger partial charge in [0.1, 0.15) is 24.3 Å². The van der Waals surface area contributed by atoms with E-state index in [1.807, 2.05) is 6.07 Å². The van der Waals surface area contributed by atoms with Crippen LogP contribution >= 0.6 is 11.6 Å². The van der Waals surface area contributed by atoms with Crippen LogP contribution in [0, 0.1) is 11.3 Å². The summed E-state index contributed by atoms with van der Waals surface area (Å²) in [4.78, 5) is 3.87. The molecule has 0 saturated carbocycles. The van der Waals surface area contributed by atoms with Gasteiger partial charge in [0.2, 0.25) is 5.82 Å². The molecule has 0 unspecified atom stereocenters. The number of halogens is 1. The number of rotatable bonds is 4. The van der Waals surface area contributed by atoms with Gasteiger partial charge < -0.3 is 5.32 Å². The van der Waals surface area contributed by atoms with Crippen LogP contribution in [0.4, 0.5) is 5.69 Å². The summed E-state index contributed by atoms with van der Waals surface area (Å²) >= 11 is 6.22. The Morgan fingerprint density at radius 1 is 1.45 bits per heavy atom. The molecule has 22 heavy (non-hydrogen) atoms. The third kappa shape index (κ3) is 2.77. The second-order valence-electron chi connectivity index (χ2n) is 4.06. The first-order valence-electron chi connectivity index (χ1n) is 6.03. The fraction of sp³-hybridized carbons (Fsp3) is 0. The summed E-state index contributed by atoms with van der Waals surface area (Å²) in [6, 6.07) is 7.27. The zero-order chi connectivity index (χ0) is 15.4. The molecule has 0 bridgehead atoms. The van der Waals surface area contributed by atoms with Crippen LogP contribution in [0.5, 0.6) is 0 Å². The number of aromatic nitrogens is 7. The van der Waals surface area contributed by atoms with Crippen LogP contribution in [-0.2, 0) is 0 Å². The van der Waals surface area contributed by atoms with Crippen molar-refractivity contribution in [3.63, 3.8) is 0 Å². The molecule has 2 heterocycles. The first-order chi connectivity index (χ1) is 10.8. The molecular weight excluding hydrogens is 306 g/mol. The van der Waals surface area contributed by atoms with E-state index in [2.05, 4.69) is 36.0 Å². The quantitative estimate of drug-likeness (QED) is 0.698. The topological polar surface area (TPSA) is 121 Å². The fourth-order valence-electron chi connectivity index (χ4n) is 1.69. The van der Waals surface area contributed by atoms with E-state index in [1.165, 1.54) is 12.5 Å². The number of benzene rings is 1. The van der Waals surface area contributed by atoms with Gasteiger partial charge in [-0.1, -0.05) is 11.6 Å². The van der Waals surface area contributed by atoms with Crippen molar-refractivity contribution in [1.82, 2.24) is 35.4 Å². The molecule has 3 rings (SSSR count). The summed E-state index contributed by atoms with van der Waals surface area (Å²) in [6.07, 6.45) is 4.46. The summed E-state index contributed by atoms with van der Waals surface area (Å²) < 4.78 is 1.56. The lowest BCUT2D eigenvalue weighted by atomic mass is 10.2. The van der Waals surface area contributed by atoms with Crippen molar-refractivity contribution >= 4 is 22.9 Å². The molecule has 3 aromatic rings. The molecule has 0 amide bonds. The maximum atomic E-state index is 9.07. The average Bonchev–Trinajstić information content (AvgIpc) is 3.21. The Labute approximate surface area is 129 Å². The molecule has 0 atom stereocenters. The number of aromatic amines is 1. The monoisotopic (exact) mass is 313 g/mol. The van der Waals surface area contributed by atoms with E-state index in [-0.39, 0.29) is 11.4 Å². The number of hydrogen-bond donors (Lipinski definition) is 2. The molecule has 108 valence electrons. The van der Waals surface area contributed by atoms with Crippen molar-refractivity contribution in [1.29, 1.82) is 5.26 Å². The Morgan fingerprint density at radius 2 is 2.36 bits per heavy atom. The molecular formula is C12H8ClN9. The minimum absolute atomic E-state index is 0.209. The lowest BCUT2D eigenvalue weighted by molar-refractivity contribution is 0.879. The summed E-state index contributed by atoms with van der Waals surface area (Å²) in [5.41, 5.74) is 1.64. The Balaban J connectivity index is 1.82. The van der Waals surface area contributed by atoms with E-state index in [0.717, 1.165) is 0 Å². The predicted octanol–water partition coefficient (Wildman–Crippen LogP) is 1.41. The summed E-state index contributed by atoms with van der Waals surface area (Å²) in [5, 5.41) is 29.7. The average molecular weight is 314 g/mol. The minimum atomic E-state index is 0.209. The molecule has 1 aromatic carbocycles. The standard InChI is InChI=1S/C12H8ClN9/c13-10-3-9(1-2-11(10)22-7-15-6-17-22)16-5-8(4-14)12-18-20-21-19-12/h1-3,5-7,16H,(H,18,19,20,21). The molecule has 0 aliphatic carbocycles. The van der Waals surface area contributed by atoms with Gasteiger partial charge in [0.15, 0.2) is 0 Å². The van der Waals surface area contributed by atoms with Crippen LogP contribution in [0.15, 0.2) is 37.1 Å². The minimum Gasteiger partial charge on any atom is -0.360 e. The summed E-state index contributed by atoms with van der Waals surface area (Å²) in [6.45, 7) is 0. The zero-order valence-corrected chi connectivity index (χ0v) is 11.7. The van der Waals surface area contributed by atoms with Crippen LogP contribution in [0.1, 0.15) is 5.82 Å². The molecule has 2 N–H and O–H groups in total. The van der Waals surface area contributed by atoms with Gasteiger partial charge in [0.25, 0.3) is 0 Å². The number of nitrogens with zero attached hydrogens (tertiary/aromatic N) is 7. The summed E-state index contributed by atoms with van der Waals surface area (Å²) in [5.74, 6) is 0.209. The van der Waals surface area contributed by atoms with Gasteiger partial charge in [-0.15, -0.1) is 10.2 Å². The van der Waals surface area contributed by atoms with E-state index in [1.54, 1.807) is 29.2 Å². The molecule has 0 fully saturated rings. The highest BCUT2D eigenvalue weighted by Gasteiger charge is 2.07. The van der Waals surface area contributed by atoms with Gasteiger partial charge in [-0.05, 0) is 23.4 Å². The molecule has 9 nitrogen and oxygen atoms in total. The normalized spacial score (nSPS) is 11.2. The largest absolute Gasteiger partial charge is 0.360 e. The van der Waals surface area contributed by atoms with Gasteiger partial charge in [-0.25, -0.2) is 9.67 Å². The number of H-pyrrole nitrogens is 1. The van der Waals surface area contributed by atoms with Gasteiger partial charge in [-0.3, -0.25) is 0 Å². The smallest absolute Gasteiger partial charge is 0.216 e. The fourth-order valence-corrected chi connectivity index (χ4v) is 1.96. The van der Waals surface area contributed by atoms with Crippen LogP contribution < -0.4 is 5.32 Å². The van der Waals surface area contributed by atoms with E-state index in [0.29, 0.717) is 16.4 Å². The Kier molecular flexibility index (Phi) is 3.76. The Hall–Kier alpha value is -3.25. The molecule has 0 spiro atoms. The Bertz CT molecular complexity index is 830. The van der Waals surface area contributed by atoms with Gasteiger partial charge in [0, 0.05) is 11.9 Å². The number of allylic oxidation sites excluding steroid dienone is 1. The zero-order valence-electron chi connectivity index (χ0n) is 11.0. The van der Waals surface area contributed by atoms with Crippen molar-refractivity contribution < 1.29 is 0 Å². The highest BCUT2D eigenvalue weighted by Crippen LogP contribution is 2.24. The first-order valence-corrected chi connectivity index (χ1v) is 6.41. The second-order valence-corrected chi connectivity index (χ2v) is 4.46. The third-order valence-electron chi connectivity index (χ3n) is 2.70. The van der Waals surface area contributed by atoms with E-state index >= 15 is 0 Å². The summed E-state index contributed by atoms with van der Waals surface area (Å²) in [7, 11) is 0. The molecule has 0 radical (unpaired) electrons. The number of tetrazole rings is 1. The van der Waals surface area contributed by atoms with Gasteiger partial charge >= 0.3 is 0 Å². The van der Waals surface area contributed by atoms with Crippen LogP contribution in [-0.4, -0.2) is 35.4 Å². The SMILES string of the molecule is N#CC(=CNc1ccc(-n2cncn2)c(Cl)c1)c1nn[nH]n1. The number of nitriles is 1. The Morgan fingerprint density at radius 3 is 3.00 bits per heavy atom. The number of anilines is 1. The van der Waals surface area contributed by atoms with E-state index in [4.69, 9.17) is 16.9 Å². The van der Waals surface area contributed by atoms with Crippen molar-refractivity contribution in [3.8, 4) is 11.8 Å². The van der Waals surface area contributed by atoms with Gasteiger partial charge in [0.05, 0.1) is 10.7 Å². The maximum Gasteiger partial charge on any atom is 0.216 e. The molecule has 0 aliphatic heterocycles. The van der Waals surface area contributed by atoms with Crippen molar-refractivity contribution in [2.45, 2.75) is 0 Å². The maximum absolute atomic E-state index is 9.07. The van der Waals surface area contributed by atoms with Crippen molar-refractivity contribution in [3.05, 3.63) is 47.9 Å². The predicted molar refractivity (Wildman–Crippen MR) is 77.8 cm³/mol. The number of nitrogens with one attached hydrogen (secondary N) is 2. The first kappa shape index (κ1) is 13.7. The lowest BCUT2D eigenvalue weighted by Gasteiger charge is -2.06. The van der Waals surface area contributed by atoms with E-state index < -0.39 is 0 Å². The van der Waals surface area contributed by atoms with Gasteiger partial charge in [-0.2, -0.15) is 15.6 Å². The highest BCUT2D eigenvalue weighted by molar-refractivity contribution is 6.32. The molecule has 0 aliphatic rings. The van der Waals surface area contributed by atoms with Crippen LogP contribution in [0.25, 0.3) is 11.3 Å². The number of hydrogen-bond acceptors (Lipinski definition) is 7. The van der Waals surface area contributed by atoms with Crippen LogP contribution in [0.2, 0.25) is 5.02 Å². The van der Waals surface area contributed by atoms with E-state index in [9.17, 15) is 0 Å². The molecule has 10 heteroatoms. The van der Waals surface area contributed by atoms with Crippen molar-refractivity contribution in [2.24, 2.45) is 0 Å². The van der Waals surface area contributed by atoms with Crippen LogP contribution in [0.3, 0.4) is 0 Å². The molecule has 0 saturated heterocycles. The highest BCUT2D eigenvalue weighted by atomic mass is 35.5. The lowest BCUT2D eigenvalue weighted by Crippen LogP contribution is -1.97. The second kappa shape index (κ2) is 6.02.